The molecule has 0 amide bonds. The highest BCUT2D eigenvalue weighted by Crippen LogP contribution is 2.04. The van der Waals surface area contributed by atoms with Gasteiger partial charge in [-0.25, -0.2) is 0 Å². The van der Waals surface area contributed by atoms with Crippen LogP contribution < -0.4 is 0 Å². The van der Waals surface area contributed by atoms with Crippen molar-refractivity contribution < 1.29 is 9.72 Å². The summed E-state index contributed by atoms with van der Waals surface area (Å²) < 4.78 is 0. The normalized spacial score (nSPS) is 13.1. The zero-order valence-electron chi connectivity index (χ0n) is 7.03. The van der Waals surface area contributed by atoms with Crippen LogP contribution in [0.4, 0.5) is 0 Å². The number of rotatable bonds is 4. The quantitative estimate of drug-likeness (QED) is 0.458. The Morgan fingerprint density at radius 1 is 1.45 bits per heavy atom. The Kier molecular flexibility index (Phi) is 3.71. The third-order valence-electron chi connectivity index (χ3n) is 1.39. The summed E-state index contributed by atoms with van der Waals surface area (Å²) in [7, 11) is 0. The average Bonchev–Trinajstić information content (AvgIpc) is 1.84. The highest BCUT2D eigenvalue weighted by molar-refractivity contribution is 5.82. The van der Waals surface area contributed by atoms with Gasteiger partial charge < -0.3 is 0 Å². The van der Waals surface area contributed by atoms with Gasteiger partial charge in [0.1, 0.15) is 0 Å². The molecule has 1 unspecified atom stereocenters. The first-order valence-electron chi connectivity index (χ1n) is 3.61. The van der Waals surface area contributed by atoms with Gasteiger partial charge in [0.15, 0.2) is 0 Å². The average molecular weight is 159 g/mol. The first kappa shape index (κ1) is 10.1. The van der Waals surface area contributed by atoms with Gasteiger partial charge >= 0.3 is 0 Å². The monoisotopic (exact) mass is 159 g/mol. The number of carbonyl (C=O) groups is 1. The molecular formula is C7H13NO3. The summed E-state index contributed by atoms with van der Waals surface area (Å²) in [6.07, 6.45) is 0.294. The van der Waals surface area contributed by atoms with Gasteiger partial charge in [-0.2, -0.15) is 0 Å². The number of hydrogen-bond acceptors (Lipinski definition) is 3. The lowest BCUT2D eigenvalue weighted by atomic mass is 10.0. The van der Waals surface area contributed by atoms with Crippen LogP contribution in [0.5, 0.6) is 0 Å². The van der Waals surface area contributed by atoms with Crippen LogP contribution in [0, 0.1) is 16.0 Å². The molecule has 0 N–H and O–H groups in total. The lowest BCUT2D eigenvalue weighted by Gasteiger charge is -2.04. The second kappa shape index (κ2) is 4.05. The van der Waals surface area contributed by atoms with Gasteiger partial charge in [0.25, 0.3) is 6.04 Å². The van der Waals surface area contributed by atoms with Gasteiger partial charge in [-0.05, 0) is 5.92 Å². The fourth-order valence-corrected chi connectivity index (χ4v) is 0.690. The Morgan fingerprint density at radius 3 is 2.18 bits per heavy atom. The van der Waals surface area contributed by atoms with Gasteiger partial charge in [-0.1, -0.05) is 13.8 Å². The van der Waals surface area contributed by atoms with E-state index in [0.717, 1.165) is 0 Å². The maximum Gasteiger partial charge on any atom is 0.267 e. The van der Waals surface area contributed by atoms with Crippen molar-refractivity contribution in [1.29, 1.82) is 0 Å². The molecule has 0 aromatic rings. The van der Waals surface area contributed by atoms with Crippen molar-refractivity contribution in [3.8, 4) is 0 Å². The first-order chi connectivity index (χ1) is 4.95. The van der Waals surface area contributed by atoms with Crippen molar-refractivity contribution >= 4 is 5.78 Å². The van der Waals surface area contributed by atoms with E-state index in [1.54, 1.807) is 0 Å². The van der Waals surface area contributed by atoms with Gasteiger partial charge in [0.05, 0.1) is 0 Å². The number of carbonyl (C=O) groups excluding carboxylic acids is 1. The molecule has 4 heteroatoms. The molecule has 0 fully saturated rings. The van der Waals surface area contributed by atoms with Gasteiger partial charge in [0.2, 0.25) is 5.78 Å². The highest BCUT2D eigenvalue weighted by Gasteiger charge is 2.23. The van der Waals surface area contributed by atoms with Gasteiger partial charge in [-0.3, -0.25) is 14.9 Å². The van der Waals surface area contributed by atoms with E-state index in [1.165, 1.54) is 6.92 Å². The summed E-state index contributed by atoms with van der Waals surface area (Å²) in [5, 5.41) is 10.1. The van der Waals surface area contributed by atoms with Crippen LogP contribution in [-0.2, 0) is 4.79 Å². The molecule has 1 atom stereocenters. The molecule has 0 saturated carbocycles. The summed E-state index contributed by atoms with van der Waals surface area (Å²) in [5.74, 6) is -0.0881. The topological polar surface area (TPSA) is 60.2 Å². The minimum absolute atomic E-state index is 0.199. The molecule has 0 aliphatic rings. The molecular weight excluding hydrogens is 146 g/mol. The third kappa shape index (κ3) is 3.70. The number of nitrogens with zero attached hydrogens (tertiary/aromatic N) is 1. The third-order valence-corrected chi connectivity index (χ3v) is 1.39. The Morgan fingerprint density at radius 2 is 1.91 bits per heavy atom. The molecule has 64 valence electrons. The van der Waals surface area contributed by atoms with E-state index >= 15 is 0 Å². The lowest BCUT2D eigenvalue weighted by molar-refractivity contribution is -0.503. The van der Waals surface area contributed by atoms with Crippen LogP contribution in [0.25, 0.3) is 0 Å². The fraction of sp³-hybridized carbons (Fsp3) is 0.857. The molecule has 0 radical (unpaired) electrons. The summed E-state index contributed by atoms with van der Waals surface area (Å²) in [5.41, 5.74) is 0. The van der Waals surface area contributed by atoms with Gasteiger partial charge in [0, 0.05) is 18.3 Å². The minimum atomic E-state index is -1.04. The number of hydrogen-bond donors (Lipinski definition) is 0. The van der Waals surface area contributed by atoms with Crippen LogP contribution >= 0.6 is 0 Å². The molecule has 0 saturated heterocycles. The standard InChI is InChI=1S/C7H13NO3/c1-5(2)4-7(9)6(3)8(10)11/h5-6H,4H2,1-3H3. The van der Waals surface area contributed by atoms with Crippen molar-refractivity contribution in [3.05, 3.63) is 10.1 Å². The minimum Gasteiger partial charge on any atom is -0.292 e. The van der Waals surface area contributed by atoms with E-state index in [-0.39, 0.29) is 11.7 Å². The predicted octanol–water partition coefficient (Wildman–Crippen LogP) is 1.27. The maximum atomic E-state index is 11.0. The Bertz CT molecular complexity index is 165. The molecule has 0 aliphatic carbocycles. The fourth-order valence-electron chi connectivity index (χ4n) is 0.690. The molecule has 0 rings (SSSR count). The van der Waals surface area contributed by atoms with Crippen LogP contribution in [0.15, 0.2) is 0 Å². The van der Waals surface area contributed by atoms with E-state index in [2.05, 4.69) is 0 Å². The van der Waals surface area contributed by atoms with E-state index in [4.69, 9.17) is 0 Å². The lowest BCUT2D eigenvalue weighted by Crippen LogP contribution is -2.26. The maximum absolute atomic E-state index is 11.0. The summed E-state index contributed by atoms with van der Waals surface area (Å²) in [4.78, 5) is 20.5. The molecule has 0 bridgehead atoms. The van der Waals surface area contributed by atoms with Crippen molar-refractivity contribution in [1.82, 2.24) is 0 Å². The summed E-state index contributed by atoms with van der Waals surface area (Å²) in [6.45, 7) is 5.06. The number of ketones is 1. The summed E-state index contributed by atoms with van der Waals surface area (Å²) >= 11 is 0. The molecule has 11 heavy (non-hydrogen) atoms. The van der Waals surface area contributed by atoms with Gasteiger partial charge in [-0.15, -0.1) is 0 Å². The molecule has 0 spiro atoms. The predicted molar refractivity (Wildman–Crippen MR) is 40.9 cm³/mol. The Labute approximate surface area is 65.7 Å². The van der Waals surface area contributed by atoms with Crippen LogP contribution in [0.2, 0.25) is 0 Å². The van der Waals surface area contributed by atoms with Crippen LogP contribution in [0.1, 0.15) is 27.2 Å². The van der Waals surface area contributed by atoms with Crippen molar-refractivity contribution in [3.63, 3.8) is 0 Å². The van der Waals surface area contributed by atoms with Crippen molar-refractivity contribution in [2.45, 2.75) is 33.2 Å². The van der Waals surface area contributed by atoms with Crippen molar-refractivity contribution in [2.24, 2.45) is 5.92 Å². The molecule has 0 heterocycles. The van der Waals surface area contributed by atoms with E-state index < -0.39 is 11.0 Å². The number of nitro groups is 1. The van der Waals surface area contributed by atoms with Crippen LogP contribution in [-0.4, -0.2) is 16.7 Å². The molecule has 0 aliphatic heterocycles. The highest BCUT2D eigenvalue weighted by atomic mass is 16.6. The SMILES string of the molecule is CC(C)CC(=O)C(C)[N+](=O)[O-]. The zero-order valence-corrected chi connectivity index (χ0v) is 7.03. The number of Topliss-reactive ketones (excluding diaryl/α,β-unsaturated/α-hetero) is 1. The smallest absolute Gasteiger partial charge is 0.267 e. The Hall–Kier alpha value is -0.930. The molecule has 0 aromatic carbocycles. The largest absolute Gasteiger partial charge is 0.292 e. The zero-order chi connectivity index (χ0) is 9.02. The van der Waals surface area contributed by atoms with E-state index in [9.17, 15) is 14.9 Å². The first-order valence-corrected chi connectivity index (χ1v) is 3.61. The van der Waals surface area contributed by atoms with Crippen LogP contribution in [0.3, 0.4) is 0 Å². The second-order valence-electron chi connectivity index (χ2n) is 3.03. The molecule has 4 nitrogen and oxygen atoms in total. The molecule has 0 aromatic heterocycles. The van der Waals surface area contributed by atoms with E-state index in [1.807, 2.05) is 13.8 Å². The van der Waals surface area contributed by atoms with E-state index in [0.29, 0.717) is 6.42 Å². The van der Waals surface area contributed by atoms with Crippen molar-refractivity contribution in [2.75, 3.05) is 0 Å². The summed E-state index contributed by atoms with van der Waals surface area (Å²) in [6, 6.07) is -1.04. The Balaban J connectivity index is 3.93. The second-order valence-corrected chi connectivity index (χ2v) is 3.03.